The summed E-state index contributed by atoms with van der Waals surface area (Å²) in [7, 11) is 0. The summed E-state index contributed by atoms with van der Waals surface area (Å²) in [5.74, 6) is 0.316. The van der Waals surface area contributed by atoms with Crippen molar-refractivity contribution in [2.45, 2.75) is 32.3 Å². The van der Waals surface area contributed by atoms with Gasteiger partial charge in [-0.15, -0.1) is 0 Å². The molecule has 1 heterocycles. The maximum atomic E-state index is 12.3. The fraction of sp³-hybridized carbons (Fsp3) is 0.300. The number of carbonyl (C=O) groups is 2. The molecule has 4 rings (SSSR count). The van der Waals surface area contributed by atoms with Crippen LogP contribution in [0.3, 0.4) is 0 Å². The van der Waals surface area contributed by atoms with E-state index in [1.54, 1.807) is 31.2 Å². The Hall–Kier alpha value is -3.02. The summed E-state index contributed by atoms with van der Waals surface area (Å²) in [5, 5.41) is 2.72. The predicted molar refractivity (Wildman–Crippen MR) is 94.5 cm³/mol. The van der Waals surface area contributed by atoms with Gasteiger partial charge in [0, 0.05) is 11.8 Å². The highest BCUT2D eigenvalue weighted by Crippen LogP contribution is 2.34. The molecule has 134 valence electrons. The van der Waals surface area contributed by atoms with E-state index in [9.17, 15) is 9.59 Å². The lowest BCUT2D eigenvalue weighted by molar-refractivity contribution is -0.123. The third-order valence-corrected chi connectivity index (χ3v) is 4.63. The first-order valence-electron chi connectivity index (χ1n) is 8.63. The minimum Gasteiger partial charge on any atom is -0.454 e. The maximum Gasteiger partial charge on any atom is 0.338 e. The van der Waals surface area contributed by atoms with Gasteiger partial charge in [0.1, 0.15) is 0 Å². The summed E-state index contributed by atoms with van der Waals surface area (Å²) >= 11 is 0. The lowest BCUT2D eigenvalue weighted by atomic mass is 10.1. The Morgan fingerprint density at radius 1 is 1.04 bits per heavy atom. The Kier molecular flexibility index (Phi) is 4.24. The predicted octanol–water partition coefficient (Wildman–Crippen LogP) is 3.09. The second-order valence-corrected chi connectivity index (χ2v) is 6.44. The Balaban J connectivity index is 1.38. The van der Waals surface area contributed by atoms with E-state index in [4.69, 9.17) is 14.2 Å². The molecule has 0 saturated heterocycles. The molecule has 1 N–H and O–H groups in total. The van der Waals surface area contributed by atoms with Crippen LogP contribution in [0.25, 0.3) is 0 Å². The van der Waals surface area contributed by atoms with E-state index in [1.807, 2.05) is 12.1 Å². The van der Waals surface area contributed by atoms with Gasteiger partial charge >= 0.3 is 5.97 Å². The molecule has 26 heavy (non-hydrogen) atoms. The third kappa shape index (κ3) is 3.22. The molecular formula is C20H19NO5. The van der Waals surface area contributed by atoms with E-state index >= 15 is 0 Å². The molecule has 0 saturated carbocycles. The van der Waals surface area contributed by atoms with E-state index < -0.39 is 18.0 Å². The zero-order chi connectivity index (χ0) is 18.1. The topological polar surface area (TPSA) is 73.9 Å². The standard InChI is InChI=1S/C20H19NO5/c1-12(19(22)21-16-7-8-17-18(10-16)25-11-24-17)26-20(23)15-6-5-13-3-2-4-14(13)9-15/h5-10,12H,2-4,11H2,1H3,(H,21,22)/t12-/m0/s1. The minimum atomic E-state index is -0.916. The first-order chi connectivity index (χ1) is 12.6. The average Bonchev–Trinajstić information content (AvgIpc) is 3.29. The minimum absolute atomic E-state index is 0.168. The number of aryl methyl sites for hydroxylation is 2. The number of ether oxygens (including phenoxy) is 3. The quantitative estimate of drug-likeness (QED) is 0.855. The second-order valence-electron chi connectivity index (χ2n) is 6.44. The van der Waals surface area contributed by atoms with Crippen molar-refractivity contribution < 1.29 is 23.8 Å². The van der Waals surface area contributed by atoms with E-state index in [2.05, 4.69) is 5.32 Å². The highest BCUT2D eigenvalue weighted by atomic mass is 16.7. The van der Waals surface area contributed by atoms with Gasteiger partial charge in [0.05, 0.1) is 5.56 Å². The van der Waals surface area contributed by atoms with Crippen LogP contribution in [0.1, 0.15) is 34.8 Å². The van der Waals surface area contributed by atoms with Gasteiger partial charge in [-0.05, 0) is 61.6 Å². The molecule has 1 aliphatic carbocycles. The van der Waals surface area contributed by atoms with Crippen LogP contribution in [0.5, 0.6) is 11.5 Å². The number of fused-ring (bicyclic) bond motifs is 2. The van der Waals surface area contributed by atoms with Crippen molar-refractivity contribution >= 4 is 17.6 Å². The maximum absolute atomic E-state index is 12.3. The van der Waals surface area contributed by atoms with Crippen LogP contribution in [0.2, 0.25) is 0 Å². The van der Waals surface area contributed by atoms with E-state index in [-0.39, 0.29) is 6.79 Å². The van der Waals surface area contributed by atoms with Gasteiger partial charge in [-0.25, -0.2) is 4.79 Å². The van der Waals surface area contributed by atoms with E-state index in [1.165, 1.54) is 11.1 Å². The number of nitrogens with one attached hydrogen (secondary N) is 1. The lowest BCUT2D eigenvalue weighted by Crippen LogP contribution is -2.30. The van der Waals surface area contributed by atoms with Crippen molar-refractivity contribution in [3.8, 4) is 11.5 Å². The Labute approximate surface area is 151 Å². The Morgan fingerprint density at radius 3 is 2.73 bits per heavy atom. The lowest BCUT2D eigenvalue weighted by Gasteiger charge is -2.14. The highest BCUT2D eigenvalue weighted by Gasteiger charge is 2.21. The van der Waals surface area contributed by atoms with E-state index in [0.29, 0.717) is 22.7 Å². The van der Waals surface area contributed by atoms with Gasteiger partial charge in [0.25, 0.3) is 5.91 Å². The number of amides is 1. The zero-order valence-electron chi connectivity index (χ0n) is 14.4. The van der Waals surface area contributed by atoms with Crippen LogP contribution in [-0.2, 0) is 22.4 Å². The monoisotopic (exact) mass is 353 g/mol. The third-order valence-electron chi connectivity index (χ3n) is 4.63. The molecule has 0 bridgehead atoms. The zero-order valence-corrected chi connectivity index (χ0v) is 14.4. The van der Waals surface area contributed by atoms with Crippen LogP contribution < -0.4 is 14.8 Å². The molecule has 0 unspecified atom stereocenters. The number of hydrogen-bond acceptors (Lipinski definition) is 5. The van der Waals surface area contributed by atoms with Crippen LogP contribution >= 0.6 is 0 Å². The normalized spacial score (nSPS) is 15.3. The van der Waals surface area contributed by atoms with Crippen LogP contribution in [0, 0.1) is 0 Å². The molecule has 1 aliphatic heterocycles. The molecule has 1 atom stereocenters. The summed E-state index contributed by atoms with van der Waals surface area (Å²) in [5.41, 5.74) is 3.51. The molecule has 2 aromatic carbocycles. The van der Waals surface area contributed by atoms with Crippen molar-refractivity contribution in [2.75, 3.05) is 12.1 Å². The summed E-state index contributed by atoms with van der Waals surface area (Å²) < 4.78 is 15.8. The molecule has 2 aromatic rings. The van der Waals surface area contributed by atoms with Gasteiger partial charge in [-0.2, -0.15) is 0 Å². The Morgan fingerprint density at radius 2 is 1.85 bits per heavy atom. The number of esters is 1. The average molecular weight is 353 g/mol. The SMILES string of the molecule is C[C@H](OC(=O)c1ccc2c(c1)CCC2)C(=O)Nc1ccc2c(c1)OCO2. The van der Waals surface area contributed by atoms with Gasteiger partial charge in [0.2, 0.25) is 6.79 Å². The second kappa shape index (κ2) is 6.71. The summed E-state index contributed by atoms with van der Waals surface area (Å²) in [6.07, 6.45) is 2.24. The van der Waals surface area contributed by atoms with Gasteiger partial charge in [0.15, 0.2) is 17.6 Å². The van der Waals surface area contributed by atoms with Crippen molar-refractivity contribution in [2.24, 2.45) is 0 Å². The van der Waals surface area contributed by atoms with Crippen molar-refractivity contribution in [3.05, 3.63) is 53.1 Å². The molecule has 0 fully saturated rings. The molecule has 0 aromatic heterocycles. The first-order valence-corrected chi connectivity index (χ1v) is 8.63. The van der Waals surface area contributed by atoms with Crippen molar-refractivity contribution in [3.63, 3.8) is 0 Å². The van der Waals surface area contributed by atoms with E-state index in [0.717, 1.165) is 19.3 Å². The molecule has 6 nitrogen and oxygen atoms in total. The number of carbonyl (C=O) groups excluding carboxylic acids is 2. The first kappa shape index (κ1) is 16.4. The molecule has 6 heteroatoms. The fourth-order valence-corrected chi connectivity index (χ4v) is 3.20. The van der Waals surface area contributed by atoms with Gasteiger partial charge in [-0.3, -0.25) is 4.79 Å². The number of benzene rings is 2. The molecule has 1 amide bonds. The van der Waals surface area contributed by atoms with Gasteiger partial charge < -0.3 is 19.5 Å². The van der Waals surface area contributed by atoms with Crippen LogP contribution in [-0.4, -0.2) is 24.8 Å². The van der Waals surface area contributed by atoms with Crippen LogP contribution in [0.4, 0.5) is 5.69 Å². The smallest absolute Gasteiger partial charge is 0.338 e. The van der Waals surface area contributed by atoms with Gasteiger partial charge in [-0.1, -0.05) is 6.07 Å². The number of anilines is 1. The van der Waals surface area contributed by atoms with Crippen LogP contribution in [0.15, 0.2) is 36.4 Å². The highest BCUT2D eigenvalue weighted by molar-refractivity contribution is 5.97. The largest absolute Gasteiger partial charge is 0.454 e. The number of hydrogen-bond donors (Lipinski definition) is 1. The van der Waals surface area contributed by atoms with Crippen molar-refractivity contribution in [1.82, 2.24) is 0 Å². The Bertz CT molecular complexity index is 877. The van der Waals surface area contributed by atoms with Crippen molar-refractivity contribution in [1.29, 1.82) is 0 Å². The summed E-state index contributed by atoms with van der Waals surface area (Å²) in [6.45, 7) is 1.72. The summed E-state index contributed by atoms with van der Waals surface area (Å²) in [4.78, 5) is 24.6. The molecular weight excluding hydrogens is 334 g/mol. The fourth-order valence-electron chi connectivity index (χ4n) is 3.20. The molecule has 0 spiro atoms. The number of rotatable bonds is 4. The molecule has 2 aliphatic rings. The summed E-state index contributed by atoms with van der Waals surface area (Å²) in [6, 6.07) is 10.7. The molecule has 0 radical (unpaired) electrons.